The van der Waals surface area contributed by atoms with E-state index < -0.39 is 0 Å². The summed E-state index contributed by atoms with van der Waals surface area (Å²) in [5.41, 5.74) is 8.69. The van der Waals surface area contributed by atoms with Crippen molar-refractivity contribution in [2.75, 3.05) is 0 Å². The first-order valence-electron chi connectivity index (χ1n) is 5.53. The molecule has 0 fully saturated rings. The van der Waals surface area contributed by atoms with E-state index in [4.69, 9.17) is 5.73 Å². The van der Waals surface area contributed by atoms with Crippen molar-refractivity contribution in [3.63, 3.8) is 0 Å². The molecule has 1 aromatic carbocycles. The second-order valence-corrected chi connectivity index (χ2v) is 4.07. The van der Waals surface area contributed by atoms with Gasteiger partial charge in [0.2, 0.25) is 0 Å². The van der Waals surface area contributed by atoms with Crippen LogP contribution < -0.4 is 5.73 Å². The fourth-order valence-electron chi connectivity index (χ4n) is 1.62. The zero-order valence-corrected chi connectivity index (χ0v) is 9.29. The molecule has 0 saturated carbocycles. The predicted molar refractivity (Wildman–Crippen MR) is 62.4 cm³/mol. The van der Waals surface area contributed by atoms with Gasteiger partial charge in [0.15, 0.2) is 0 Å². The molecule has 1 heteroatoms. The van der Waals surface area contributed by atoms with Gasteiger partial charge in [0.1, 0.15) is 0 Å². The van der Waals surface area contributed by atoms with Crippen LogP contribution in [0.1, 0.15) is 37.3 Å². The maximum Gasteiger partial charge on any atom is 0.00418 e. The van der Waals surface area contributed by atoms with E-state index in [0.717, 1.165) is 19.3 Å². The summed E-state index contributed by atoms with van der Waals surface area (Å²) in [6, 6.07) is 9.12. The molecule has 0 bridgehead atoms. The molecular formula is C13H21N. The Balaban J connectivity index is 2.34. The van der Waals surface area contributed by atoms with Crippen molar-refractivity contribution in [3.05, 3.63) is 35.4 Å². The van der Waals surface area contributed by atoms with Gasteiger partial charge in [0.25, 0.3) is 0 Å². The third-order valence-electron chi connectivity index (χ3n) is 2.58. The predicted octanol–water partition coefficient (Wildman–Crippen LogP) is 3.06. The molecule has 0 aliphatic rings. The molecule has 0 amide bonds. The van der Waals surface area contributed by atoms with Crippen molar-refractivity contribution < 1.29 is 0 Å². The molecule has 1 atom stereocenters. The minimum absolute atomic E-state index is 0.376. The standard InChI is InChI=1S/C13H21N/c1-3-4-13(14)10-9-12-7-5-11(2)6-8-12/h5-8,13H,3-4,9-10,14H2,1-2H3. The summed E-state index contributed by atoms with van der Waals surface area (Å²) < 4.78 is 0. The zero-order valence-electron chi connectivity index (χ0n) is 9.29. The zero-order chi connectivity index (χ0) is 10.4. The number of nitrogens with two attached hydrogens (primary N) is 1. The van der Waals surface area contributed by atoms with Gasteiger partial charge in [-0.3, -0.25) is 0 Å². The summed E-state index contributed by atoms with van der Waals surface area (Å²) in [6.07, 6.45) is 4.55. The molecule has 2 N–H and O–H groups in total. The Kier molecular flexibility index (Phi) is 4.68. The molecule has 0 aromatic heterocycles. The maximum absolute atomic E-state index is 5.96. The lowest BCUT2D eigenvalue weighted by atomic mass is 10.0. The van der Waals surface area contributed by atoms with Gasteiger partial charge in [-0.05, 0) is 31.7 Å². The largest absolute Gasteiger partial charge is 0.328 e. The van der Waals surface area contributed by atoms with Gasteiger partial charge in [-0.25, -0.2) is 0 Å². The van der Waals surface area contributed by atoms with E-state index in [0.29, 0.717) is 6.04 Å². The number of benzene rings is 1. The second-order valence-electron chi connectivity index (χ2n) is 4.07. The molecule has 78 valence electrons. The second kappa shape index (κ2) is 5.82. The first-order chi connectivity index (χ1) is 6.72. The highest BCUT2D eigenvalue weighted by molar-refractivity contribution is 5.21. The Morgan fingerprint density at radius 3 is 2.36 bits per heavy atom. The van der Waals surface area contributed by atoms with E-state index in [2.05, 4.69) is 38.1 Å². The van der Waals surface area contributed by atoms with Crippen molar-refractivity contribution in [2.24, 2.45) is 5.73 Å². The van der Waals surface area contributed by atoms with Crippen LogP contribution in [-0.2, 0) is 6.42 Å². The van der Waals surface area contributed by atoms with Gasteiger partial charge in [0.05, 0.1) is 0 Å². The fraction of sp³-hybridized carbons (Fsp3) is 0.538. The minimum Gasteiger partial charge on any atom is -0.328 e. The molecule has 0 aliphatic heterocycles. The summed E-state index contributed by atoms with van der Waals surface area (Å²) in [4.78, 5) is 0. The van der Waals surface area contributed by atoms with Gasteiger partial charge < -0.3 is 5.73 Å². The van der Waals surface area contributed by atoms with Crippen LogP contribution in [0.15, 0.2) is 24.3 Å². The Morgan fingerprint density at radius 2 is 1.79 bits per heavy atom. The molecule has 14 heavy (non-hydrogen) atoms. The van der Waals surface area contributed by atoms with Crippen LogP contribution in [0.3, 0.4) is 0 Å². The van der Waals surface area contributed by atoms with E-state index in [9.17, 15) is 0 Å². The maximum atomic E-state index is 5.96. The van der Waals surface area contributed by atoms with Crippen LogP contribution in [0.5, 0.6) is 0 Å². The smallest absolute Gasteiger partial charge is 0.00418 e. The average Bonchev–Trinajstić information content (AvgIpc) is 2.17. The Labute approximate surface area is 87.3 Å². The van der Waals surface area contributed by atoms with Gasteiger partial charge in [0, 0.05) is 6.04 Å². The van der Waals surface area contributed by atoms with E-state index in [1.165, 1.54) is 17.5 Å². The quantitative estimate of drug-likeness (QED) is 0.760. The Morgan fingerprint density at radius 1 is 1.14 bits per heavy atom. The number of hydrogen-bond acceptors (Lipinski definition) is 1. The van der Waals surface area contributed by atoms with Crippen molar-refractivity contribution in [1.82, 2.24) is 0 Å². The summed E-state index contributed by atoms with van der Waals surface area (Å²) in [5, 5.41) is 0. The minimum atomic E-state index is 0.376. The highest BCUT2D eigenvalue weighted by atomic mass is 14.6. The van der Waals surface area contributed by atoms with Crippen molar-refractivity contribution >= 4 is 0 Å². The van der Waals surface area contributed by atoms with Crippen molar-refractivity contribution in [3.8, 4) is 0 Å². The van der Waals surface area contributed by atoms with Crippen LogP contribution in [0.4, 0.5) is 0 Å². The van der Waals surface area contributed by atoms with Gasteiger partial charge in [-0.15, -0.1) is 0 Å². The average molecular weight is 191 g/mol. The Hall–Kier alpha value is -0.820. The summed E-state index contributed by atoms with van der Waals surface area (Å²) >= 11 is 0. The first kappa shape index (κ1) is 11.3. The lowest BCUT2D eigenvalue weighted by molar-refractivity contribution is 0.561. The van der Waals surface area contributed by atoms with Crippen molar-refractivity contribution in [1.29, 1.82) is 0 Å². The topological polar surface area (TPSA) is 26.0 Å². The molecule has 1 nitrogen and oxygen atoms in total. The molecular weight excluding hydrogens is 170 g/mol. The fourth-order valence-corrected chi connectivity index (χ4v) is 1.62. The number of rotatable bonds is 5. The molecule has 1 rings (SSSR count). The molecule has 0 aliphatic carbocycles. The van der Waals surface area contributed by atoms with Crippen LogP contribution in [0, 0.1) is 6.92 Å². The molecule has 0 saturated heterocycles. The van der Waals surface area contributed by atoms with E-state index in [1.54, 1.807) is 0 Å². The summed E-state index contributed by atoms with van der Waals surface area (Å²) in [5.74, 6) is 0. The molecule has 0 heterocycles. The SMILES string of the molecule is CCCC(N)CCc1ccc(C)cc1. The Bertz CT molecular complexity index is 250. The number of hydrogen-bond donors (Lipinski definition) is 1. The first-order valence-corrected chi connectivity index (χ1v) is 5.53. The van der Waals surface area contributed by atoms with Gasteiger partial charge >= 0.3 is 0 Å². The van der Waals surface area contributed by atoms with Gasteiger partial charge in [-0.2, -0.15) is 0 Å². The summed E-state index contributed by atoms with van der Waals surface area (Å²) in [7, 11) is 0. The molecule has 0 spiro atoms. The van der Waals surface area contributed by atoms with Crippen LogP contribution in [0.25, 0.3) is 0 Å². The van der Waals surface area contributed by atoms with Gasteiger partial charge in [-0.1, -0.05) is 43.2 Å². The third kappa shape index (κ3) is 3.93. The normalized spacial score (nSPS) is 12.8. The highest BCUT2D eigenvalue weighted by Gasteiger charge is 2.01. The van der Waals surface area contributed by atoms with E-state index in [1.807, 2.05) is 0 Å². The van der Waals surface area contributed by atoms with Crippen LogP contribution in [-0.4, -0.2) is 6.04 Å². The highest BCUT2D eigenvalue weighted by Crippen LogP contribution is 2.08. The van der Waals surface area contributed by atoms with Crippen LogP contribution in [0.2, 0.25) is 0 Å². The third-order valence-corrected chi connectivity index (χ3v) is 2.58. The van der Waals surface area contributed by atoms with E-state index >= 15 is 0 Å². The molecule has 0 radical (unpaired) electrons. The lowest BCUT2D eigenvalue weighted by Gasteiger charge is -2.09. The lowest BCUT2D eigenvalue weighted by Crippen LogP contribution is -2.20. The van der Waals surface area contributed by atoms with E-state index in [-0.39, 0.29) is 0 Å². The summed E-state index contributed by atoms with van der Waals surface area (Å²) in [6.45, 7) is 4.30. The molecule has 1 unspecified atom stereocenters. The number of aryl methyl sites for hydroxylation is 2. The van der Waals surface area contributed by atoms with Crippen molar-refractivity contribution in [2.45, 2.75) is 45.6 Å². The van der Waals surface area contributed by atoms with Crippen LogP contribution >= 0.6 is 0 Å². The monoisotopic (exact) mass is 191 g/mol. The molecule has 1 aromatic rings.